The summed E-state index contributed by atoms with van der Waals surface area (Å²) in [6.07, 6.45) is -5.36. The maximum absolute atomic E-state index is 14.0. The molecule has 0 fully saturated rings. The number of esters is 1. The first-order valence-corrected chi connectivity index (χ1v) is 4.82. The van der Waals surface area contributed by atoms with Crippen LogP contribution in [0, 0.1) is 0 Å². The van der Waals surface area contributed by atoms with Gasteiger partial charge in [0.05, 0.1) is 6.61 Å². The van der Waals surface area contributed by atoms with Gasteiger partial charge in [-0.2, -0.15) is 13.2 Å². The van der Waals surface area contributed by atoms with Gasteiger partial charge in [0.15, 0.2) is 0 Å². The Morgan fingerprint density at radius 1 is 1.18 bits per heavy atom. The van der Waals surface area contributed by atoms with E-state index in [9.17, 15) is 22.4 Å². The Hall–Kier alpha value is -1.59. The highest BCUT2D eigenvalue weighted by Crippen LogP contribution is 2.43. The monoisotopic (exact) mass is 250 g/mol. The van der Waals surface area contributed by atoms with Crippen LogP contribution >= 0.6 is 0 Å². The van der Waals surface area contributed by atoms with E-state index in [4.69, 9.17) is 0 Å². The molecule has 94 valence electrons. The van der Waals surface area contributed by atoms with Crippen LogP contribution in [0.5, 0.6) is 0 Å². The predicted octanol–water partition coefficient (Wildman–Crippen LogP) is 2.98. The van der Waals surface area contributed by atoms with Gasteiger partial charge in [0.2, 0.25) is 0 Å². The lowest BCUT2D eigenvalue weighted by molar-refractivity contribution is -0.243. The fourth-order valence-electron chi connectivity index (χ4n) is 1.30. The molecule has 1 aromatic rings. The molecular weight excluding hydrogens is 240 g/mol. The zero-order valence-electron chi connectivity index (χ0n) is 8.92. The van der Waals surface area contributed by atoms with Crippen LogP contribution in [0.15, 0.2) is 30.3 Å². The van der Waals surface area contributed by atoms with Gasteiger partial charge in [-0.05, 0) is 6.92 Å². The fraction of sp³-hybridized carbons (Fsp3) is 0.364. The van der Waals surface area contributed by atoms with E-state index in [0.717, 1.165) is 12.1 Å². The van der Waals surface area contributed by atoms with Crippen LogP contribution in [0.1, 0.15) is 12.5 Å². The fourth-order valence-corrected chi connectivity index (χ4v) is 1.30. The molecule has 1 aromatic carbocycles. The van der Waals surface area contributed by atoms with Crippen LogP contribution < -0.4 is 0 Å². The molecule has 0 bridgehead atoms. The van der Waals surface area contributed by atoms with Crippen LogP contribution in [-0.2, 0) is 15.2 Å². The molecule has 0 amide bonds. The van der Waals surface area contributed by atoms with Crippen LogP contribution in [-0.4, -0.2) is 18.8 Å². The highest BCUT2D eigenvalue weighted by molar-refractivity contribution is 5.82. The van der Waals surface area contributed by atoms with Crippen molar-refractivity contribution in [3.8, 4) is 0 Å². The van der Waals surface area contributed by atoms with E-state index in [-0.39, 0.29) is 6.61 Å². The van der Waals surface area contributed by atoms with Crippen molar-refractivity contribution in [1.29, 1.82) is 0 Å². The molecule has 0 spiro atoms. The topological polar surface area (TPSA) is 26.3 Å². The summed E-state index contributed by atoms with van der Waals surface area (Å²) in [7, 11) is 0. The Morgan fingerprint density at radius 2 is 1.71 bits per heavy atom. The van der Waals surface area contributed by atoms with Crippen molar-refractivity contribution in [2.75, 3.05) is 6.61 Å². The third-order valence-electron chi connectivity index (χ3n) is 2.12. The molecule has 0 aliphatic rings. The third kappa shape index (κ3) is 2.40. The van der Waals surface area contributed by atoms with E-state index >= 15 is 0 Å². The number of alkyl halides is 4. The van der Waals surface area contributed by atoms with E-state index in [1.165, 1.54) is 25.1 Å². The second-order valence-corrected chi connectivity index (χ2v) is 3.24. The first kappa shape index (κ1) is 13.5. The SMILES string of the molecule is CCOC(=O)C(F)(c1ccccc1)C(F)(F)F. The summed E-state index contributed by atoms with van der Waals surface area (Å²) >= 11 is 0. The smallest absolute Gasteiger partial charge is 0.437 e. The van der Waals surface area contributed by atoms with Crippen molar-refractivity contribution >= 4 is 5.97 Å². The second-order valence-electron chi connectivity index (χ2n) is 3.24. The number of carbonyl (C=O) groups is 1. The van der Waals surface area contributed by atoms with Crippen molar-refractivity contribution in [3.63, 3.8) is 0 Å². The summed E-state index contributed by atoms with van der Waals surface area (Å²) in [5.74, 6) is -1.95. The van der Waals surface area contributed by atoms with Crippen LogP contribution in [0.4, 0.5) is 17.6 Å². The summed E-state index contributed by atoms with van der Waals surface area (Å²) in [6.45, 7) is 0.979. The van der Waals surface area contributed by atoms with Crippen molar-refractivity contribution in [1.82, 2.24) is 0 Å². The van der Waals surface area contributed by atoms with Crippen LogP contribution in [0.2, 0.25) is 0 Å². The highest BCUT2D eigenvalue weighted by Gasteiger charge is 2.64. The Balaban J connectivity index is 3.26. The number of rotatable bonds is 3. The van der Waals surface area contributed by atoms with Crippen molar-refractivity contribution in [2.24, 2.45) is 0 Å². The third-order valence-corrected chi connectivity index (χ3v) is 2.12. The van der Waals surface area contributed by atoms with Gasteiger partial charge in [-0.25, -0.2) is 9.18 Å². The van der Waals surface area contributed by atoms with E-state index in [1.54, 1.807) is 0 Å². The zero-order valence-corrected chi connectivity index (χ0v) is 8.92. The molecule has 17 heavy (non-hydrogen) atoms. The molecule has 0 radical (unpaired) electrons. The van der Waals surface area contributed by atoms with Gasteiger partial charge in [0.25, 0.3) is 0 Å². The summed E-state index contributed by atoms with van der Waals surface area (Å²) in [4.78, 5) is 11.2. The highest BCUT2D eigenvalue weighted by atomic mass is 19.4. The number of halogens is 4. The Bertz CT molecular complexity index is 388. The molecular formula is C11H10F4O2. The Kier molecular flexibility index (Phi) is 3.75. The summed E-state index contributed by atoms with van der Waals surface area (Å²) in [5, 5.41) is 0. The average molecular weight is 250 g/mol. The summed E-state index contributed by atoms with van der Waals surface area (Å²) in [6, 6.07) is 5.64. The average Bonchev–Trinajstić information content (AvgIpc) is 2.28. The molecule has 6 heteroatoms. The van der Waals surface area contributed by atoms with Crippen molar-refractivity contribution in [3.05, 3.63) is 35.9 Å². The zero-order chi connectivity index (χ0) is 13.1. The predicted molar refractivity (Wildman–Crippen MR) is 51.9 cm³/mol. The maximum atomic E-state index is 14.0. The van der Waals surface area contributed by atoms with Crippen LogP contribution in [0.25, 0.3) is 0 Å². The van der Waals surface area contributed by atoms with Gasteiger partial charge in [0, 0.05) is 5.56 Å². The van der Waals surface area contributed by atoms with Crippen molar-refractivity contribution < 1.29 is 27.1 Å². The summed E-state index contributed by atoms with van der Waals surface area (Å²) in [5.41, 5.74) is -4.91. The largest absolute Gasteiger partial charge is 0.463 e. The molecule has 0 saturated heterocycles. The lowest BCUT2D eigenvalue weighted by Gasteiger charge is -2.25. The molecule has 0 aromatic heterocycles. The normalized spacial score (nSPS) is 15.1. The molecule has 2 nitrogen and oxygen atoms in total. The molecule has 0 saturated carbocycles. The summed E-state index contributed by atoms with van der Waals surface area (Å²) < 4.78 is 56.2. The molecule has 0 N–H and O–H groups in total. The lowest BCUT2D eigenvalue weighted by Crippen LogP contribution is -2.46. The first-order chi connectivity index (χ1) is 7.84. The van der Waals surface area contributed by atoms with Gasteiger partial charge < -0.3 is 4.74 Å². The van der Waals surface area contributed by atoms with E-state index in [1.807, 2.05) is 0 Å². The van der Waals surface area contributed by atoms with E-state index < -0.39 is 23.4 Å². The molecule has 1 atom stereocenters. The van der Waals surface area contributed by atoms with Gasteiger partial charge in [-0.1, -0.05) is 30.3 Å². The standard InChI is InChI=1S/C11H10F4O2/c1-2-17-9(16)10(12,11(13,14)15)8-6-4-3-5-7-8/h3-7H,2H2,1H3. The molecule has 0 aliphatic carbocycles. The molecule has 1 unspecified atom stereocenters. The molecule has 1 rings (SSSR count). The number of benzene rings is 1. The quantitative estimate of drug-likeness (QED) is 0.609. The lowest BCUT2D eigenvalue weighted by atomic mass is 9.95. The minimum absolute atomic E-state index is 0.326. The van der Waals surface area contributed by atoms with Gasteiger partial charge in [-0.3, -0.25) is 0 Å². The first-order valence-electron chi connectivity index (χ1n) is 4.82. The van der Waals surface area contributed by atoms with Gasteiger partial charge in [0.1, 0.15) is 0 Å². The van der Waals surface area contributed by atoms with E-state index in [2.05, 4.69) is 4.74 Å². The van der Waals surface area contributed by atoms with Crippen LogP contribution in [0.3, 0.4) is 0 Å². The van der Waals surface area contributed by atoms with Gasteiger partial charge >= 0.3 is 17.8 Å². The van der Waals surface area contributed by atoms with Crippen molar-refractivity contribution in [2.45, 2.75) is 18.8 Å². The number of carbonyl (C=O) groups excluding carboxylic acids is 1. The minimum atomic E-state index is -5.36. The Morgan fingerprint density at radius 3 is 2.12 bits per heavy atom. The number of ether oxygens (including phenoxy) is 1. The minimum Gasteiger partial charge on any atom is -0.463 e. The number of hydrogen-bond acceptors (Lipinski definition) is 2. The number of hydrogen-bond donors (Lipinski definition) is 0. The van der Waals surface area contributed by atoms with Gasteiger partial charge in [-0.15, -0.1) is 0 Å². The second kappa shape index (κ2) is 4.73. The van der Waals surface area contributed by atoms with E-state index in [0.29, 0.717) is 0 Å². The Labute approximate surface area is 95.2 Å². The molecule has 0 heterocycles. The maximum Gasteiger partial charge on any atom is 0.437 e. The molecule has 0 aliphatic heterocycles.